The van der Waals surface area contributed by atoms with Crippen molar-refractivity contribution >= 4 is 17.5 Å². The number of carbonyl (C=O) groups excluding carboxylic acids is 3. The summed E-state index contributed by atoms with van der Waals surface area (Å²) in [6, 6.07) is 0. The summed E-state index contributed by atoms with van der Waals surface area (Å²) in [6.07, 6.45) is 13.3. The van der Waals surface area contributed by atoms with E-state index in [-0.39, 0.29) is 33.8 Å². The summed E-state index contributed by atoms with van der Waals surface area (Å²) in [5.41, 5.74) is 0.223. The lowest BCUT2D eigenvalue weighted by Crippen LogP contribution is -2.62. The Morgan fingerprint density at radius 3 is 2.32 bits per heavy atom. The van der Waals surface area contributed by atoms with Gasteiger partial charge in [0.2, 0.25) is 0 Å². The Morgan fingerprint density at radius 1 is 0.971 bits per heavy atom. The molecular formula is C30H44O4. The van der Waals surface area contributed by atoms with Crippen LogP contribution in [0, 0.1) is 39.9 Å². The molecule has 4 saturated carbocycles. The minimum atomic E-state index is -0.975. The maximum Gasteiger partial charge on any atom is 0.307 e. The highest BCUT2D eigenvalue weighted by Crippen LogP contribution is 2.73. The number of hydrogen-bond acceptors (Lipinski definition) is 4. The van der Waals surface area contributed by atoms with Gasteiger partial charge in [-0.25, -0.2) is 0 Å². The minimum absolute atomic E-state index is 0.0329. The predicted octanol–water partition coefficient (Wildman–Crippen LogP) is 6.61. The predicted molar refractivity (Wildman–Crippen MR) is 132 cm³/mol. The third kappa shape index (κ3) is 3.18. The van der Waals surface area contributed by atoms with Gasteiger partial charge in [0.25, 0.3) is 0 Å². The van der Waals surface area contributed by atoms with Crippen LogP contribution in [0.25, 0.3) is 0 Å². The quantitative estimate of drug-likeness (QED) is 0.436. The van der Waals surface area contributed by atoms with Crippen molar-refractivity contribution < 1.29 is 19.1 Å². The summed E-state index contributed by atoms with van der Waals surface area (Å²) in [4.78, 5) is 38.8. The molecule has 5 aliphatic carbocycles. The van der Waals surface area contributed by atoms with E-state index in [4.69, 9.17) is 4.74 Å². The zero-order valence-electron chi connectivity index (χ0n) is 22.0. The van der Waals surface area contributed by atoms with Crippen LogP contribution in [-0.4, -0.2) is 23.1 Å². The van der Waals surface area contributed by atoms with Gasteiger partial charge < -0.3 is 4.74 Å². The van der Waals surface area contributed by atoms with Gasteiger partial charge in [-0.15, -0.1) is 0 Å². The van der Waals surface area contributed by atoms with Crippen molar-refractivity contribution in [1.82, 2.24) is 0 Å². The van der Waals surface area contributed by atoms with Crippen molar-refractivity contribution in [3.05, 3.63) is 11.6 Å². The van der Waals surface area contributed by atoms with Crippen LogP contribution in [0.5, 0.6) is 0 Å². The average molecular weight is 469 g/mol. The molecule has 0 bridgehead atoms. The molecule has 0 unspecified atom stereocenters. The standard InChI is InChI=1S/C30H44O4/c1-19-16-25-23-11-13-30(20(2)31,34-26(33)17-21-8-6-7-9-21)29(23,5)15-14-28(25,4)27(3)12-10-22(32)18-24(19)27/h18-19,21,23,25H,6-17H2,1-5H3/t19-,23-,25-,27-,28-,29-,30-/m0/s1. The molecule has 188 valence electrons. The van der Waals surface area contributed by atoms with Crippen LogP contribution in [-0.2, 0) is 19.1 Å². The molecule has 0 radical (unpaired) electrons. The van der Waals surface area contributed by atoms with Gasteiger partial charge in [-0.2, -0.15) is 0 Å². The lowest BCUT2D eigenvalue weighted by atomic mass is 9.38. The van der Waals surface area contributed by atoms with E-state index < -0.39 is 5.60 Å². The Bertz CT molecular complexity index is 928. The number of hydrogen-bond donors (Lipinski definition) is 0. The topological polar surface area (TPSA) is 60.4 Å². The number of fused-ring (bicyclic) bond motifs is 5. The highest BCUT2D eigenvalue weighted by Gasteiger charge is 2.71. The zero-order valence-corrected chi connectivity index (χ0v) is 22.0. The van der Waals surface area contributed by atoms with Crippen LogP contribution < -0.4 is 0 Å². The van der Waals surface area contributed by atoms with Crippen molar-refractivity contribution in [3.63, 3.8) is 0 Å². The number of ketones is 2. The van der Waals surface area contributed by atoms with E-state index in [9.17, 15) is 14.4 Å². The number of carbonyl (C=O) groups is 3. The first-order chi connectivity index (χ1) is 16.0. The van der Waals surface area contributed by atoms with Crippen molar-refractivity contribution in [2.75, 3.05) is 0 Å². The summed E-state index contributed by atoms with van der Waals surface area (Å²) < 4.78 is 6.34. The Balaban J connectivity index is 1.47. The second-order valence-corrected chi connectivity index (χ2v) is 13.3. The van der Waals surface area contributed by atoms with Gasteiger partial charge in [-0.05, 0) is 98.9 Å². The fraction of sp³-hybridized carbons (Fsp3) is 0.833. The normalized spacial score (nSPS) is 46.3. The zero-order chi connectivity index (χ0) is 24.5. The second-order valence-electron chi connectivity index (χ2n) is 13.3. The monoisotopic (exact) mass is 468 g/mol. The Hall–Kier alpha value is -1.45. The highest BCUT2D eigenvalue weighted by atomic mass is 16.6. The van der Waals surface area contributed by atoms with Gasteiger partial charge >= 0.3 is 5.97 Å². The molecule has 7 atom stereocenters. The molecule has 5 rings (SSSR count). The number of esters is 1. The van der Waals surface area contributed by atoms with Crippen molar-refractivity contribution in [1.29, 1.82) is 0 Å². The SMILES string of the molecule is CC(=O)[C@@]1(OC(=O)CC2CCCC2)CC[C@H]2[C@@H]3C[C@H](C)C4=CC(=O)CC[C@]4(C)[C@@]3(C)CC[C@@]21C. The van der Waals surface area contributed by atoms with Crippen molar-refractivity contribution in [3.8, 4) is 0 Å². The van der Waals surface area contributed by atoms with Crippen molar-refractivity contribution in [2.24, 2.45) is 39.9 Å². The van der Waals surface area contributed by atoms with Gasteiger partial charge in [-0.1, -0.05) is 46.1 Å². The number of ether oxygens (including phenoxy) is 1. The van der Waals surface area contributed by atoms with E-state index in [1.165, 1.54) is 18.4 Å². The lowest BCUT2D eigenvalue weighted by Gasteiger charge is -2.66. The highest BCUT2D eigenvalue weighted by molar-refractivity contribution is 5.92. The van der Waals surface area contributed by atoms with Crippen LogP contribution >= 0.6 is 0 Å². The molecule has 0 spiro atoms. The maximum absolute atomic E-state index is 13.3. The summed E-state index contributed by atoms with van der Waals surface area (Å²) in [6.45, 7) is 11.1. The molecule has 0 N–H and O–H groups in total. The summed E-state index contributed by atoms with van der Waals surface area (Å²) in [7, 11) is 0. The maximum atomic E-state index is 13.3. The van der Waals surface area contributed by atoms with Crippen LogP contribution in [0.4, 0.5) is 0 Å². The molecule has 0 saturated heterocycles. The fourth-order valence-corrected chi connectivity index (χ4v) is 9.79. The van der Waals surface area contributed by atoms with E-state index in [0.29, 0.717) is 42.9 Å². The van der Waals surface area contributed by atoms with E-state index in [2.05, 4.69) is 27.7 Å². The summed E-state index contributed by atoms with van der Waals surface area (Å²) in [5, 5.41) is 0. The largest absolute Gasteiger partial charge is 0.450 e. The third-order valence-corrected chi connectivity index (χ3v) is 12.0. The van der Waals surface area contributed by atoms with E-state index in [1.807, 2.05) is 6.08 Å². The van der Waals surface area contributed by atoms with Gasteiger partial charge in [0.15, 0.2) is 17.2 Å². The van der Waals surface area contributed by atoms with Crippen molar-refractivity contribution in [2.45, 2.75) is 117 Å². The minimum Gasteiger partial charge on any atom is -0.450 e. The Labute approximate surface area is 205 Å². The Kier molecular flexibility index (Phi) is 5.73. The smallest absolute Gasteiger partial charge is 0.307 e. The lowest BCUT2D eigenvalue weighted by molar-refractivity contribution is -0.198. The molecule has 0 amide bonds. The molecule has 4 nitrogen and oxygen atoms in total. The molecular weight excluding hydrogens is 424 g/mol. The first-order valence-corrected chi connectivity index (χ1v) is 13.9. The number of rotatable bonds is 4. The van der Waals surface area contributed by atoms with Crippen LogP contribution in [0.2, 0.25) is 0 Å². The van der Waals surface area contributed by atoms with Crippen LogP contribution in [0.3, 0.4) is 0 Å². The summed E-state index contributed by atoms with van der Waals surface area (Å²) >= 11 is 0. The van der Waals surface area contributed by atoms with Crippen LogP contribution in [0.1, 0.15) is 112 Å². The van der Waals surface area contributed by atoms with Gasteiger partial charge in [0, 0.05) is 18.3 Å². The van der Waals surface area contributed by atoms with Gasteiger partial charge in [0.05, 0.1) is 0 Å². The number of Topliss-reactive ketones (excluding diaryl/α,β-unsaturated/α-hetero) is 1. The molecule has 0 aromatic rings. The molecule has 4 fully saturated rings. The average Bonchev–Trinajstić information content (AvgIpc) is 3.38. The van der Waals surface area contributed by atoms with Gasteiger partial charge in [0.1, 0.15) is 0 Å². The molecule has 0 aromatic heterocycles. The number of allylic oxidation sites excluding steroid dienone is 1. The second kappa shape index (κ2) is 8.03. The van der Waals surface area contributed by atoms with E-state index >= 15 is 0 Å². The van der Waals surface area contributed by atoms with E-state index in [1.54, 1.807) is 6.92 Å². The first kappa shape index (κ1) is 24.3. The molecule has 4 heteroatoms. The van der Waals surface area contributed by atoms with Crippen LogP contribution in [0.15, 0.2) is 11.6 Å². The van der Waals surface area contributed by atoms with E-state index in [0.717, 1.165) is 44.9 Å². The summed E-state index contributed by atoms with van der Waals surface area (Å²) in [5.74, 6) is 1.82. The third-order valence-electron chi connectivity index (χ3n) is 12.0. The molecule has 5 aliphatic rings. The molecule has 0 aromatic carbocycles. The Morgan fingerprint density at radius 2 is 1.65 bits per heavy atom. The molecule has 34 heavy (non-hydrogen) atoms. The fourth-order valence-electron chi connectivity index (χ4n) is 9.79. The first-order valence-electron chi connectivity index (χ1n) is 13.9. The molecule has 0 heterocycles. The van der Waals surface area contributed by atoms with Gasteiger partial charge in [-0.3, -0.25) is 14.4 Å². The molecule has 0 aliphatic heterocycles.